The average molecular weight is 638 g/mol. The van der Waals surface area contributed by atoms with Crippen molar-refractivity contribution in [3.8, 4) is 16.9 Å². The van der Waals surface area contributed by atoms with Crippen LogP contribution in [0.5, 0.6) is 5.75 Å². The maximum atomic E-state index is 13.6. The molecule has 0 spiro atoms. The number of rotatable bonds is 11. The molecule has 3 amide bonds. The molecule has 5 aromatic carbocycles. The topological polar surface area (TPSA) is 138 Å². The number of para-hydroxylation sites is 1. The van der Waals surface area contributed by atoms with Gasteiger partial charge in [-0.05, 0) is 76.9 Å². The number of nitrogens with two attached hydrogens (primary N) is 1. The zero-order valence-corrected chi connectivity index (χ0v) is 26.3. The van der Waals surface area contributed by atoms with Crippen molar-refractivity contribution in [3.63, 3.8) is 0 Å². The Labute approximate surface area is 278 Å². The van der Waals surface area contributed by atoms with Crippen LogP contribution >= 0.6 is 0 Å². The number of aromatic amines is 1. The second kappa shape index (κ2) is 14.4. The van der Waals surface area contributed by atoms with Gasteiger partial charge in [-0.15, -0.1) is 0 Å². The van der Waals surface area contributed by atoms with E-state index in [2.05, 4.69) is 20.9 Å². The summed E-state index contributed by atoms with van der Waals surface area (Å²) in [6.45, 7) is 0.204. The number of benzene rings is 5. The Morgan fingerprint density at radius 1 is 0.771 bits per heavy atom. The molecule has 0 radical (unpaired) electrons. The first-order valence-electron chi connectivity index (χ1n) is 15.5. The lowest BCUT2D eigenvalue weighted by Crippen LogP contribution is -2.47. The fourth-order valence-electron chi connectivity index (χ4n) is 5.47. The van der Waals surface area contributed by atoms with Gasteiger partial charge in [-0.1, -0.05) is 66.7 Å². The Morgan fingerprint density at radius 2 is 1.46 bits per heavy atom. The van der Waals surface area contributed by atoms with Crippen LogP contribution in [0.25, 0.3) is 22.0 Å². The minimum absolute atomic E-state index is 0.204. The first-order valence-corrected chi connectivity index (χ1v) is 15.5. The molecule has 0 aliphatic heterocycles. The van der Waals surface area contributed by atoms with Crippen LogP contribution in [0.4, 0.5) is 11.4 Å². The molecule has 0 saturated carbocycles. The Morgan fingerprint density at radius 3 is 2.21 bits per heavy atom. The van der Waals surface area contributed by atoms with Gasteiger partial charge in [0.25, 0.3) is 11.8 Å². The smallest absolute Gasteiger partial charge is 0.255 e. The fourth-order valence-corrected chi connectivity index (χ4v) is 5.47. The summed E-state index contributed by atoms with van der Waals surface area (Å²) in [6.07, 6.45) is 2.14. The molecule has 0 unspecified atom stereocenters. The molecular formula is C39H35N5O4. The number of nitrogens with one attached hydrogen (secondary N) is 4. The number of hydrogen-bond donors (Lipinski definition) is 5. The van der Waals surface area contributed by atoms with Crippen LogP contribution < -0.4 is 26.4 Å². The lowest BCUT2D eigenvalue weighted by molar-refractivity contribution is -0.123. The highest BCUT2D eigenvalue weighted by atomic mass is 16.5. The number of carbonyl (C=O) groups is 3. The van der Waals surface area contributed by atoms with Crippen LogP contribution in [0, 0.1) is 0 Å². The van der Waals surface area contributed by atoms with E-state index in [1.54, 1.807) is 61.7 Å². The van der Waals surface area contributed by atoms with Crippen LogP contribution in [-0.2, 0) is 17.8 Å². The van der Waals surface area contributed by atoms with Crippen molar-refractivity contribution < 1.29 is 19.1 Å². The van der Waals surface area contributed by atoms with E-state index in [1.807, 2.05) is 72.9 Å². The zero-order chi connectivity index (χ0) is 33.5. The van der Waals surface area contributed by atoms with Gasteiger partial charge in [0.1, 0.15) is 11.8 Å². The summed E-state index contributed by atoms with van der Waals surface area (Å²) in [5, 5.41) is 9.75. The predicted octanol–water partition coefficient (Wildman–Crippen LogP) is 6.34. The highest BCUT2D eigenvalue weighted by Gasteiger charge is 2.23. The zero-order valence-electron chi connectivity index (χ0n) is 26.3. The van der Waals surface area contributed by atoms with Crippen LogP contribution in [-0.4, -0.2) is 35.9 Å². The molecule has 1 aromatic heterocycles. The monoisotopic (exact) mass is 637 g/mol. The second-order valence-electron chi connectivity index (χ2n) is 11.4. The largest absolute Gasteiger partial charge is 0.497 e. The Bertz CT molecular complexity index is 2060. The van der Waals surface area contributed by atoms with Gasteiger partial charge in [0.05, 0.1) is 18.5 Å². The van der Waals surface area contributed by atoms with Crippen molar-refractivity contribution >= 4 is 40.0 Å². The molecule has 240 valence electrons. The maximum Gasteiger partial charge on any atom is 0.255 e. The molecule has 0 aliphatic rings. The fraction of sp³-hybridized carbons (Fsp3) is 0.103. The molecule has 9 nitrogen and oxygen atoms in total. The lowest BCUT2D eigenvalue weighted by Gasteiger charge is -2.19. The molecule has 0 fully saturated rings. The average Bonchev–Trinajstić information content (AvgIpc) is 3.54. The van der Waals surface area contributed by atoms with E-state index in [1.165, 1.54) is 0 Å². The summed E-state index contributed by atoms with van der Waals surface area (Å²) in [4.78, 5) is 43.1. The van der Waals surface area contributed by atoms with Gasteiger partial charge in [-0.25, -0.2) is 0 Å². The predicted molar refractivity (Wildman–Crippen MR) is 189 cm³/mol. The SMILES string of the molecule is COc1ccc(C(=O)N[C@@H](Cc2c[nH]c3ccccc23)C(=O)NCc2ccc(C(=O)Nc3cc(-c4ccccc4)ccc3N)cc2)cc1. The van der Waals surface area contributed by atoms with Crippen molar-refractivity contribution in [2.45, 2.75) is 19.0 Å². The molecule has 0 aliphatic carbocycles. The standard InChI is InChI=1S/C39H35N5O4/c1-48-31-18-15-28(16-19-31)38(46)44-36(22-30-24-41-34-10-6-5-9-32(30)34)39(47)42-23-25-11-13-27(14-12-25)37(45)43-35-21-29(17-20-33(35)40)26-7-3-2-4-8-26/h2-21,24,36,41H,22-23,40H2,1H3,(H,42,47)(H,43,45)(H,44,46)/t36-/m0/s1. The van der Waals surface area contributed by atoms with Crippen molar-refractivity contribution in [1.29, 1.82) is 0 Å². The van der Waals surface area contributed by atoms with Crippen molar-refractivity contribution in [2.24, 2.45) is 0 Å². The number of aromatic nitrogens is 1. The van der Waals surface area contributed by atoms with Gasteiger partial charge in [-0.2, -0.15) is 0 Å². The number of carbonyl (C=O) groups excluding carboxylic acids is 3. The summed E-state index contributed by atoms with van der Waals surface area (Å²) >= 11 is 0. The summed E-state index contributed by atoms with van der Waals surface area (Å²) in [6, 6.07) is 36.0. The van der Waals surface area contributed by atoms with Gasteiger partial charge in [0.15, 0.2) is 0 Å². The summed E-state index contributed by atoms with van der Waals surface area (Å²) < 4.78 is 5.20. The molecule has 48 heavy (non-hydrogen) atoms. The number of methoxy groups -OCH3 is 1. The number of ether oxygens (including phenoxy) is 1. The quantitative estimate of drug-likeness (QED) is 0.106. The molecule has 1 heterocycles. The molecule has 9 heteroatoms. The summed E-state index contributed by atoms with van der Waals surface area (Å²) in [5.74, 6) is -0.382. The third kappa shape index (κ3) is 7.37. The molecule has 0 saturated heterocycles. The van der Waals surface area contributed by atoms with E-state index < -0.39 is 6.04 Å². The number of anilines is 2. The molecule has 1 atom stereocenters. The van der Waals surface area contributed by atoms with Gasteiger partial charge in [0.2, 0.25) is 5.91 Å². The molecule has 6 aromatic rings. The third-order valence-electron chi connectivity index (χ3n) is 8.16. The first-order chi connectivity index (χ1) is 23.4. The van der Waals surface area contributed by atoms with Gasteiger partial charge in [-0.3, -0.25) is 14.4 Å². The van der Waals surface area contributed by atoms with Crippen molar-refractivity contribution in [3.05, 3.63) is 150 Å². The van der Waals surface area contributed by atoms with Crippen LogP contribution in [0.1, 0.15) is 31.8 Å². The number of nitrogen functional groups attached to an aromatic ring is 1. The van der Waals surface area contributed by atoms with E-state index >= 15 is 0 Å². The maximum absolute atomic E-state index is 13.6. The second-order valence-corrected chi connectivity index (χ2v) is 11.4. The van der Waals surface area contributed by atoms with E-state index in [4.69, 9.17) is 10.5 Å². The van der Waals surface area contributed by atoms with E-state index in [9.17, 15) is 14.4 Å². The minimum atomic E-state index is -0.846. The molecular weight excluding hydrogens is 602 g/mol. The van der Waals surface area contributed by atoms with Gasteiger partial charge >= 0.3 is 0 Å². The molecule has 6 rings (SSSR count). The van der Waals surface area contributed by atoms with Gasteiger partial charge < -0.3 is 31.4 Å². The first kappa shape index (κ1) is 31.6. The highest BCUT2D eigenvalue weighted by molar-refractivity contribution is 6.06. The molecule has 6 N–H and O–H groups in total. The normalized spacial score (nSPS) is 11.4. The molecule has 0 bridgehead atoms. The Kier molecular flexibility index (Phi) is 9.48. The van der Waals surface area contributed by atoms with Crippen LogP contribution in [0.15, 0.2) is 128 Å². The van der Waals surface area contributed by atoms with Crippen molar-refractivity contribution in [2.75, 3.05) is 18.2 Å². The van der Waals surface area contributed by atoms with Crippen LogP contribution in [0.3, 0.4) is 0 Å². The highest BCUT2D eigenvalue weighted by Crippen LogP contribution is 2.28. The Balaban J connectivity index is 1.12. The number of hydrogen-bond acceptors (Lipinski definition) is 5. The number of H-pyrrole nitrogens is 1. The summed E-state index contributed by atoms with van der Waals surface area (Å²) in [7, 11) is 1.56. The minimum Gasteiger partial charge on any atom is -0.497 e. The number of fused-ring (bicyclic) bond motifs is 1. The third-order valence-corrected chi connectivity index (χ3v) is 8.16. The summed E-state index contributed by atoms with van der Waals surface area (Å²) in [5.41, 5.74) is 12.6. The van der Waals surface area contributed by atoms with E-state index in [0.29, 0.717) is 28.3 Å². The van der Waals surface area contributed by atoms with E-state index in [0.717, 1.165) is 33.2 Å². The lowest BCUT2D eigenvalue weighted by atomic mass is 10.0. The number of amides is 3. The Hall–Kier alpha value is -6.35. The van der Waals surface area contributed by atoms with E-state index in [-0.39, 0.29) is 30.7 Å². The van der Waals surface area contributed by atoms with Crippen molar-refractivity contribution in [1.82, 2.24) is 15.6 Å². The van der Waals surface area contributed by atoms with Gasteiger partial charge in [0, 0.05) is 41.2 Å². The van der Waals surface area contributed by atoms with Crippen LogP contribution in [0.2, 0.25) is 0 Å².